The first kappa shape index (κ1) is 23.8. The van der Waals surface area contributed by atoms with Crippen LogP contribution in [-0.2, 0) is 4.79 Å². The van der Waals surface area contributed by atoms with E-state index in [2.05, 4.69) is 5.32 Å². The highest BCUT2D eigenvalue weighted by Crippen LogP contribution is 2.35. The van der Waals surface area contributed by atoms with E-state index in [9.17, 15) is 9.90 Å². The molecule has 0 radical (unpaired) electrons. The molecule has 0 aliphatic carbocycles. The lowest BCUT2D eigenvalue weighted by molar-refractivity contribution is -0.117. The molecule has 1 atom stereocenters. The minimum atomic E-state index is -0.636. The van der Waals surface area contributed by atoms with Gasteiger partial charge in [-0.05, 0) is 51.2 Å². The summed E-state index contributed by atoms with van der Waals surface area (Å²) in [6.07, 6.45) is -0.636. The van der Waals surface area contributed by atoms with Crippen molar-refractivity contribution in [3.8, 4) is 17.2 Å². The average molecular weight is 444 g/mol. The summed E-state index contributed by atoms with van der Waals surface area (Å²) in [5.74, 6) is 1.94. The van der Waals surface area contributed by atoms with Crippen LogP contribution in [0.15, 0.2) is 36.4 Å². The maximum atomic E-state index is 12.4. The van der Waals surface area contributed by atoms with Gasteiger partial charge in [-0.15, -0.1) is 0 Å². The number of rotatable bonds is 11. The number of aryl methyl sites for hydroxylation is 2. The number of ether oxygens (including phenoxy) is 3. The molecule has 2 aromatic carbocycles. The van der Waals surface area contributed by atoms with E-state index < -0.39 is 6.10 Å². The van der Waals surface area contributed by atoms with Crippen molar-refractivity contribution in [3.63, 3.8) is 0 Å². The molecule has 3 rings (SSSR count). The van der Waals surface area contributed by atoms with Gasteiger partial charge in [0.1, 0.15) is 18.5 Å². The summed E-state index contributed by atoms with van der Waals surface area (Å²) in [6.45, 7) is 6.56. The van der Waals surface area contributed by atoms with Crippen LogP contribution in [0.4, 0.5) is 5.69 Å². The molecule has 0 bridgehead atoms. The maximum Gasteiger partial charge on any atom is 0.238 e. The summed E-state index contributed by atoms with van der Waals surface area (Å²) in [4.78, 5) is 16.4. The highest BCUT2D eigenvalue weighted by molar-refractivity contribution is 5.93. The molecule has 1 heterocycles. The summed E-state index contributed by atoms with van der Waals surface area (Å²) in [6, 6.07) is 11.3. The second-order valence-corrected chi connectivity index (χ2v) is 8.29. The molecule has 8 nitrogen and oxygen atoms in total. The van der Waals surface area contributed by atoms with E-state index in [0.717, 1.165) is 16.8 Å². The predicted molar refractivity (Wildman–Crippen MR) is 124 cm³/mol. The normalized spacial score (nSPS) is 13.5. The zero-order valence-electron chi connectivity index (χ0n) is 19.3. The molecule has 2 aromatic rings. The van der Waals surface area contributed by atoms with Gasteiger partial charge in [0.2, 0.25) is 12.7 Å². The van der Waals surface area contributed by atoms with Gasteiger partial charge >= 0.3 is 0 Å². The Bertz CT molecular complexity index is 900. The van der Waals surface area contributed by atoms with E-state index >= 15 is 0 Å². The van der Waals surface area contributed by atoms with E-state index in [4.69, 9.17) is 14.2 Å². The number of anilines is 1. The van der Waals surface area contributed by atoms with E-state index in [1.807, 2.05) is 55.9 Å². The van der Waals surface area contributed by atoms with Crippen LogP contribution < -0.4 is 19.5 Å². The molecule has 8 heteroatoms. The van der Waals surface area contributed by atoms with Gasteiger partial charge in [0.15, 0.2) is 11.5 Å². The summed E-state index contributed by atoms with van der Waals surface area (Å²) >= 11 is 0. The topological polar surface area (TPSA) is 83.5 Å². The molecule has 32 heavy (non-hydrogen) atoms. The number of aliphatic hydroxyl groups excluding tert-OH is 1. The van der Waals surface area contributed by atoms with E-state index in [-0.39, 0.29) is 19.3 Å². The Morgan fingerprint density at radius 3 is 2.53 bits per heavy atom. The molecule has 0 fully saturated rings. The number of amides is 1. The van der Waals surface area contributed by atoms with Crippen LogP contribution in [-0.4, -0.2) is 80.6 Å². The predicted octanol–water partition coefficient (Wildman–Crippen LogP) is 2.27. The number of nitrogens with one attached hydrogen (secondary N) is 1. The second kappa shape index (κ2) is 11.2. The second-order valence-electron chi connectivity index (χ2n) is 8.29. The van der Waals surface area contributed by atoms with Gasteiger partial charge in [-0.3, -0.25) is 9.69 Å². The first-order valence-corrected chi connectivity index (χ1v) is 10.8. The fourth-order valence-electron chi connectivity index (χ4n) is 3.52. The minimum absolute atomic E-state index is 0.0373. The summed E-state index contributed by atoms with van der Waals surface area (Å²) < 4.78 is 16.3. The number of likely N-dealkylation sites (N-methyl/N-ethyl adjacent to an activating group) is 2. The van der Waals surface area contributed by atoms with E-state index in [1.54, 1.807) is 18.2 Å². The molecule has 2 N–H and O–H groups in total. The van der Waals surface area contributed by atoms with Crippen LogP contribution in [0.1, 0.15) is 11.1 Å². The lowest BCUT2D eigenvalue weighted by atomic mass is 10.1. The Morgan fingerprint density at radius 2 is 1.78 bits per heavy atom. The van der Waals surface area contributed by atoms with Crippen LogP contribution in [0.5, 0.6) is 17.2 Å². The molecule has 0 saturated heterocycles. The van der Waals surface area contributed by atoms with Crippen LogP contribution in [0.25, 0.3) is 0 Å². The zero-order valence-corrected chi connectivity index (χ0v) is 19.3. The van der Waals surface area contributed by atoms with Crippen molar-refractivity contribution in [2.75, 3.05) is 59.0 Å². The highest BCUT2D eigenvalue weighted by Gasteiger charge is 2.16. The third-order valence-corrected chi connectivity index (χ3v) is 5.33. The van der Waals surface area contributed by atoms with Gasteiger partial charge in [-0.25, -0.2) is 0 Å². The van der Waals surface area contributed by atoms with E-state index in [0.29, 0.717) is 43.4 Å². The molecular formula is C24H33N3O5. The first-order chi connectivity index (χ1) is 15.3. The number of hydrogen-bond acceptors (Lipinski definition) is 7. The zero-order chi connectivity index (χ0) is 23.1. The number of aliphatic hydroxyl groups is 1. The SMILES string of the molecule is Cc1cccc(C)c1NC(=O)CN(C)CCN(C)CC(O)COc1ccc2c(c1)OCO2. The number of fused-ring (bicyclic) bond motifs is 1. The van der Waals surface area contributed by atoms with Crippen molar-refractivity contribution in [1.82, 2.24) is 9.80 Å². The third-order valence-electron chi connectivity index (χ3n) is 5.33. The Kier molecular flexibility index (Phi) is 8.33. The highest BCUT2D eigenvalue weighted by atomic mass is 16.7. The minimum Gasteiger partial charge on any atom is -0.491 e. The lowest BCUT2D eigenvalue weighted by Crippen LogP contribution is -2.39. The van der Waals surface area contributed by atoms with E-state index in [1.165, 1.54) is 0 Å². The van der Waals surface area contributed by atoms with Crippen LogP contribution in [0, 0.1) is 13.8 Å². The Labute approximate surface area is 189 Å². The Morgan fingerprint density at radius 1 is 1.09 bits per heavy atom. The molecule has 1 aliphatic rings. The monoisotopic (exact) mass is 443 g/mol. The summed E-state index contributed by atoms with van der Waals surface area (Å²) in [7, 11) is 3.85. The molecule has 1 unspecified atom stereocenters. The van der Waals surface area contributed by atoms with Gasteiger partial charge in [0.25, 0.3) is 0 Å². The number of carbonyl (C=O) groups excluding carboxylic acids is 1. The maximum absolute atomic E-state index is 12.4. The van der Waals surface area contributed by atoms with Crippen molar-refractivity contribution in [3.05, 3.63) is 47.5 Å². The smallest absolute Gasteiger partial charge is 0.238 e. The average Bonchev–Trinajstić information content (AvgIpc) is 3.21. The largest absolute Gasteiger partial charge is 0.491 e. The van der Waals surface area contributed by atoms with Crippen LogP contribution in [0.2, 0.25) is 0 Å². The quantitative estimate of drug-likeness (QED) is 0.551. The number of nitrogens with zero attached hydrogens (tertiary/aromatic N) is 2. The Balaban J connectivity index is 1.34. The van der Waals surface area contributed by atoms with Gasteiger partial charge in [0.05, 0.1) is 6.54 Å². The Hall–Kier alpha value is -2.81. The number of para-hydroxylation sites is 1. The van der Waals surface area contributed by atoms with Crippen molar-refractivity contribution in [1.29, 1.82) is 0 Å². The summed E-state index contributed by atoms with van der Waals surface area (Å²) in [5, 5.41) is 13.3. The van der Waals surface area contributed by atoms with Gasteiger partial charge < -0.3 is 29.5 Å². The fraction of sp³-hybridized carbons (Fsp3) is 0.458. The first-order valence-electron chi connectivity index (χ1n) is 10.8. The van der Waals surface area contributed by atoms with Crippen molar-refractivity contribution in [2.45, 2.75) is 20.0 Å². The van der Waals surface area contributed by atoms with Crippen molar-refractivity contribution < 1.29 is 24.1 Å². The molecule has 1 aliphatic heterocycles. The fourth-order valence-corrected chi connectivity index (χ4v) is 3.52. The summed E-state index contributed by atoms with van der Waals surface area (Å²) in [5.41, 5.74) is 2.99. The van der Waals surface area contributed by atoms with Crippen molar-refractivity contribution >= 4 is 11.6 Å². The van der Waals surface area contributed by atoms with Gasteiger partial charge in [-0.1, -0.05) is 18.2 Å². The third kappa shape index (κ3) is 6.85. The van der Waals surface area contributed by atoms with Crippen molar-refractivity contribution in [2.24, 2.45) is 0 Å². The number of hydrogen-bond donors (Lipinski definition) is 2. The van der Waals surface area contributed by atoms with Crippen LogP contribution >= 0.6 is 0 Å². The van der Waals surface area contributed by atoms with Gasteiger partial charge in [-0.2, -0.15) is 0 Å². The number of carbonyl (C=O) groups is 1. The van der Waals surface area contributed by atoms with Gasteiger partial charge in [0, 0.05) is 31.4 Å². The number of benzene rings is 2. The molecule has 0 aromatic heterocycles. The standard InChI is InChI=1S/C24H33N3O5/c1-17-6-5-7-18(2)24(17)25-23(29)14-27(4)11-10-26(3)13-19(28)15-30-20-8-9-21-22(12-20)32-16-31-21/h5-9,12,19,28H,10-11,13-16H2,1-4H3,(H,25,29). The molecule has 0 saturated carbocycles. The lowest BCUT2D eigenvalue weighted by Gasteiger charge is -2.24. The van der Waals surface area contributed by atoms with Crippen LogP contribution in [0.3, 0.4) is 0 Å². The molecule has 0 spiro atoms. The molecular weight excluding hydrogens is 410 g/mol. The molecule has 1 amide bonds. The molecule has 174 valence electrons.